The van der Waals surface area contributed by atoms with Gasteiger partial charge in [-0.25, -0.2) is 0 Å². The van der Waals surface area contributed by atoms with E-state index in [0.29, 0.717) is 0 Å². The molecule has 0 aromatic rings. The van der Waals surface area contributed by atoms with Crippen molar-refractivity contribution in [2.45, 2.75) is 26.4 Å². The summed E-state index contributed by atoms with van der Waals surface area (Å²) in [5.74, 6) is 0. The van der Waals surface area contributed by atoms with Crippen molar-refractivity contribution < 1.29 is 17.9 Å². The Morgan fingerprint density at radius 1 is 1.31 bits per heavy atom. The molecule has 0 aliphatic carbocycles. The Kier molecular flexibility index (Phi) is 4.47. The molecule has 1 nitrogen and oxygen atoms in total. The fraction of sp³-hybridized carbons (Fsp3) is 0.778. The SMILES string of the molecule is C/C=C\C(CC)(COC)C(F)(F)F. The number of alkyl halides is 3. The Bertz CT molecular complexity index is 174. The molecule has 13 heavy (non-hydrogen) atoms. The molecule has 0 bridgehead atoms. The van der Waals surface area contributed by atoms with Gasteiger partial charge in [0.25, 0.3) is 0 Å². The van der Waals surface area contributed by atoms with Crippen LogP contribution in [0.15, 0.2) is 12.2 Å². The Hall–Kier alpha value is -0.510. The first-order chi connectivity index (χ1) is 5.93. The topological polar surface area (TPSA) is 9.23 Å². The van der Waals surface area contributed by atoms with Gasteiger partial charge in [-0.1, -0.05) is 19.1 Å². The Morgan fingerprint density at radius 2 is 1.85 bits per heavy atom. The van der Waals surface area contributed by atoms with Crippen LogP contribution >= 0.6 is 0 Å². The van der Waals surface area contributed by atoms with Crippen molar-refractivity contribution in [3.8, 4) is 0 Å². The van der Waals surface area contributed by atoms with E-state index in [1.165, 1.54) is 20.1 Å². The van der Waals surface area contributed by atoms with Gasteiger partial charge in [0.1, 0.15) is 5.41 Å². The summed E-state index contributed by atoms with van der Waals surface area (Å²) >= 11 is 0. The van der Waals surface area contributed by atoms with Crippen molar-refractivity contribution in [2.24, 2.45) is 5.41 Å². The first-order valence-corrected chi connectivity index (χ1v) is 4.13. The lowest BCUT2D eigenvalue weighted by atomic mass is 9.85. The molecule has 4 heteroatoms. The number of allylic oxidation sites excluding steroid dienone is 1. The lowest BCUT2D eigenvalue weighted by molar-refractivity contribution is -0.220. The second kappa shape index (κ2) is 4.65. The molecule has 0 aromatic heterocycles. The molecule has 0 amide bonds. The van der Waals surface area contributed by atoms with Gasteiger partial charge < -0.3 is 4.74 Å². The van der Waals surface area contributed by atoms with Crippen LogP contribution in [0.4, 0.5) is 13.2 Å². The number of methoxy groups -OCH3 is 1. The summed E-state index contributed by atoms with van der Waals surface area (Å²) in [5, 5.41) is 0. The zero-order chi connectivity index (χ0) is 10.5. The minimum Gasteiger partial charge on any atom is -0.383 e. The van der Waals surface area contributed by atoms with E-state index >= 15 is 0 Å². The molecule has 0 spiro atoms. The van der Waals surface area contributed by atoms with E-state index in [0.717, 1.165) is 6.08 Å². The van der Waals surface area contributed by atoms with Gasteiger partial charge in [0.05, 0.1) is 6.61 Å². The van der Waals surface area contributed by atoms with Crippen molar-refractivity contribution in [3.63, 3.8) is 0 Å². The molecule has 0 saturated heterocycles. The fourth-order valence-corrected chi connectivity index (χ4v) is 1.22. The maximum absolute atomic E-state index is 12.6. The molecule has 0 saturated carbocycles. The fourth-order valence-electron chi connectivity index (χ4n) is 1.22. The lowest BCUT2D eigenvalue weighted by Crippen LogP contribution is -2.39. The normalized spacial score (nSPS) is 17.7. The van der Waals surface area contributed by atoms with Gasteiger partial charge in [-0.05, 0) is 13.3 Å². The van der Waals surface area contributed by atoms with Crippen LogP contribution in [-0.4, -0.2) is 19.9 Å². The maximum atomic E-state index is 12.6. The Morgan fingerprint density at radius 3 is 2.08 bits per heavy atom. The molecular weight excluding hydrogens is 181 g/mol. The third-order valence-corrected chi connectivity index (χ3v) is 2.08. The van der Waals surface area contributed by atoms with E-state index in [2.05, 4.69) is 4.74 Å². The van der Waals surface area contributed by atoms with Gasteiger partial charge in [-0.3, -0.25) is 0 Å². The number of ether oxygens (including phenoxy) is 1. The highest BCUT2D eigenvalue weighted by Crippen LogP contribution is 2.42. The number of hydrogen-bond acceptors (Lipinski definition) is 1. The van der Waals surface area contributed by atoms with Gasteiger partial charge in [0, 0.05) is 7.11 Å². The Labute approximate surface area is 76.6 Å². The molecule has 0 rings (SSSR count). The summed E-state index contributed by atoms with van der Waals surface area (Å²) in [6.07, 6.45) is -1.68. The monoisotopic (exact) mass is 196 g/mol. The molecule has 0 radical (unpaired) electrons. The summed E-state index contributed by atoms with van der Waals surface area (Å²) in [6.45, 7) is 2.76. The van der Waals surface area contributed by atoms with E-state index < -0.39 is 11.6 Å². The largest absolute Gasteiger partial charge is 0.400 e. The summed E-state index contributed by atoms with van der Waals surface area (Å²) < 4.78 is 42.5. The van der Waals surface area contributed by atoms with Crippen LogP contribution in [0.25, 0.3) is 0 Å². The van der Waals surface area contributed by atoms with Crippen LogP contribution in [-0.2, 0) is 4.74 Å². The highest BCUT2D eigenvalue weighted by atomic mass is 19.4. The van der Waals surface area contributed by atoms with Gasteiger partial charge in [-0.2, -0.15) is 13.2 Å². The molecule has 1 unspecified atom stereocenters. The maximum Gasteiger partial charge on any atom is 0.400 e. The number of hydrogen-bond donors (Lipinski definition) is 0. The first kappa shape index (κ1) is 12.5. The van der Waals surface area contributed by atoms with Crippen LogP contribution in [0.3, 0.4) is 0 Å². The van der Waals surface area contributed by atoms with Crippen molar-refractivity contribution in [1.29, 1.82) is 0 Å². The number of halogens is 3. The van der Waals surface area contributed by atoms with Crippen LogP contribution in [0.2, 0.25) is 0 Å². The molecule has 0 aromatic carbocycles. The second-order valence-corrected chi connectivity index (χ2v) is 2.94. The van der Waals surface area contributed by atoms with E-state index in [1.807, 2.05) is 0 Å². The second-order valence-electron chi connectivity index (χ2n) is 2.94. The standard InChI is InChI=1S/C9H15F3O/c1-4-6-8(5-2,7-13-3)9(10,11)12/h4,6H,5,7H2,1-3H3/b6-4-. The molecular formula is C9H15F3O. The lowest BCUT2D eigenvalue weighted by Gasteiger charge is -2.31. The molecule has 0 aliphatic rings. The Balaban J connectivity index is 4.86. The van der Waals surface area contributed by atoms with Gasteiger partial charge >= 0.3 is 6.18 Å². The van der Waals surface area contributed by atoms with Crippen molar-refractivity contribution in [3.05, 3.63) is 12.2 Å². The van der Waals surface area contributed by atoms with E-state index in [-0.39, 0.29) is 13.0 Å². The van der Waals surface area contributed by atoms with Crippen LogP contribution in [0, 0.1) is 5.41 Å². The highest BCUT2D eigenvalue weighted by Gasteiger charge is 2.51. The van der Waals surface area contributed by atoms with Gasteiger partial charge in [-0.15, -0.1) is 0 Å². The molecule has 0 heterocycles. The zero-order valence-electron chi connectivity index (χ0n) is 8.11. The van der Waals surface area contributed by atoms with E-state index in [4.69, 9.17) is 0 Å². The van der Waals surface area contributed by atoms with Crippen LogP contribution in [0.1, 0.15) is 20.3 Å². The van der Waals surface area contributed by atoms with Gasteiger partial charge in [0.2, 0.25) is 0 Å². The average Bonchev–Trinajstić information content (AvgIpc) is 2.02. The molecule has 0 fully saturated rings. The number of rotatable bonds is 4. The summed E-state index contributed by atoms with van der Waals surface area (Å²) in [6, 6.07) is 0. The minimum absolute atomic E-state index is 0.00528. The average molecular weight is 196 g/mol. The molecule has 78 valence electrons. The van der Waals surface area contributed by atoms with E-state index in [9.17, 15) is 13.2 Å². The predicted molar refractivity (Wildman–Crippen MR) is 45.5 cm³/mol. The molecule has 1 atom stereocenters. The van der Waals surface area contributed by atoms with Crippen molar-refractivity contribution in [2.75, 3.05) is 13.7 Å². The highest BCUT2D eigenvalue weighted by molar-refractivity contribution is 5.02. The zero-order valence-corrected chi connectivity index (χ0v) is 8.11. The summed E-state index contributed by atoms with van der Waals surface area (Å²) in [7, 11) is 1.28. The molecule has 0 N–H and O–H groups in total. The molecule has 0 aliphatic heterocycles. The third kappa shape index (κ3) is 2.72. The van der Waals surface area contributed by atoms with Crippen molar-refractivity contribution >= 4 is 0 Å². The first-order valence-electron chi connectivity index (χ1n) is 4.13. The third-order valence-electron chi connectivity index (χ3n) is 2.08. The van der Waals surface area contributed by atoms with Crippen molar-refractivity contribution in [1.82, 2.24) is 0 Å². The summed E-state index contributed by atoms with van der Waals surface area (Å²) in [4.78, 5) is 0. The van der Waals surface area contributed by atoms with Crippen LogP contribution < -0.4 is 0 Å². The minimum atomic E-state index is -4.25. The summed E-state index contributed by atoms with van der Waals surface area (Å²) in [5.41, 5.74) is -1.82. The predicted octanol–water partition coefficient (Wildman–Crippen LogP) is 3.17. The van der Waals surface area contributed by atoms with Crippen LogP contribution in [0.5, 0.6) is 0 Å². The smallest absolute Gasteiger partial charge is 0.383 e. The van der Waals surface area contributed by atoms with E-state index in [1.54, 1.807) is 6.92 Å². The van der Waals surface area contributed by atoms with Gasteiger partial charge in [0.15, 0.2) is 0 Å². The quantitative estimate of drug-likeness (QED) is 0.627.